The molecule has 1 amide bonds. The monoisotopic (exact) mass is 242 g/mol. The minimum absolute atomic E-state index is 0.111. The van der Waals surface area contributed by atoms with Crippen LogP contribution in [0.3, 0.4) is 0 Å². The Kier molecular flexibility index (Phi) is 6.52. The summed E-state index contributed by atoms with van der Waals surface area (Å²) < 4.78 is 0. The molecule has 4 nitrogen and oxygen atoms in total. The summed E-state index contributed by atoms with van der Waals surface area (Å²) in [6, 6.07) is 0. The third kappa shape index (κ3) is 5.50. The Morgan fingerprint density at radius 3 is 2.41 bits per heavy atom. The van der Waals surface area contributed by atoms with Crippen LogP contribution in [0.2, 0.25) is 0 Å². The summed E-state index contributed by atoms with van der Waals surface area (Å²) >= 11 is 0. The molecular weight excluding hydrogens is 216 g/mol. The van der Waals surface area contributed by atoms with Crippen molar-refractivity contribution in [3.05, 3.63) is 0 Å². The first-order chi connectivity index (χ1) is 8.13. The van der Waals surface area contributed by atoms with Crippen molar-refractivity contribution >= 4 is 5.91 Å². The number of hydrogen-bond donors (Lipinski definition) is 1. The maximum Gasteiger partial charge on any atom is 0.222 e. The number of nitrogens with zero attached hydrogens (tertiary/aromatic N) is 2. The van der Waals surface area contributed by atoms with Crippen LogP contribution in [0.1, 0.15) is 33.1 Å². The molecular formula is C13H26N2O2. The molecule has 0 radical (unpaired) electrons. The van der Waals surface area contributed by atoms with Crippen LogP contribution in [-0.2, 0) is 4.79 Å². The number of aliphatic hydroxyl groups is 1. The molecule has 1 saturated heterocycles. The average molecular weight is 242 g/mol. The van der Waals surface area contributed by atoms with E-state index in [4.69, 9.17) is 5.11 Å². The smallest absolute Gasteiger partial charge is 0.222 e. The maximum atomic E-state index is 11.7. The lowest BCUT2D eigenvalue weighted by molar-refractivity contribution is -0.133. The van der Waals surface area contributed by atoms with Crippen LogP contribution < -0.4 is 0 Å². The van der Waals surface area contributed by atoms with Gasteiger partial charge in [0.1, 0.15) is 0 Å². The lowest BCUT2D eigenvalue weighted by Crippen LogP contribution is -2.48. The third-order valence-electron chi connectivity index (χ3n) is 3.30. The lowest BCUT2D eigenvalue weighted by Gasteiger charge is -2.35. The van der Waals surface area contributed by atoms with Gasteiger partial charge in [0.05, 0.1) is 0 Å². The van der Waals surface area contributed by atoms with Crippen LogP contribution in [0.15, 0.2) is 0 Å². The molecule has 0 unspecified atom stereocenters. The largest absolute Gasteiger partial charge is 0.396 e. The van der Waals surface area contributed by atoms with Crippen molar-refractivity contribution in [1.29, 1.82) is 0 Å². The molecule has 1 fully saturated rings. The molecule has 1 N–H and O–H groups in total. The second-order valence-corrected chi connectivity index (χ2v) is 5.23. The fraction of sp³-hybridized carbons (Fsp3) is 0.923. The summed E-state index contributed by atoms with van der Waals surface area (Å²) in [6.45, 7) is 9.44. The quantitative estimate of drug-likeness (QED) is 0.754. The van der Waals surface area contributed by atoms with E-state index in [2.05, 4.69) is 18.7 Å². The Labute approximate surface area is 105 Å². The van der Waals surface area contributed by atoms with Crippen molar-refractivity contribution < 1.29 is 9.90 Å². The van der Waals surface area contributed by atoms with Crippen LogP contribution in [0.5, 0.6) is 0 Å². The van der Waals surface area contributed by atoms with Gasteiger partial charge in [-0.05, 0) is 25.3 Å². The van der Waals surface area contributed by atoms with Gasteiger partial charge >= 0.3 is 0 Å². The molecule has 0 bridgehead atoms. The van der Waals surface area contributed by atoms with Gasteiger partial charge in [0.25, 0.3) is 0 Å². The van der Waals surface area contributed by atoms with Crippen molar-refractivity contribution in [1.82, 2.24) is 9.80 Å². The maximum absolute atomic E-state index is 11.7. The fourth-order valence-electron chi connectivity index (χ4n) is 2.05. The summed E-state index contributed by atoms with van der Waals surface area (Å²) in [4.78, 5) is 16.1. The number of aliphatic hydroxyl groups excluding tert-OH is 1. The molecule has 0 saturated carbocycles. The SMILES string of the molecule is CC(C)CCN1CCN(C(=O)CCCO)CC1. The van der Waals surface area contributed by atoms with Gasteiger partial charge in [-0.15, -0.1) is 0 Å². The molecule has 1 aliphatic heterocycles. The lowest BCUT2D eigenvalue weighted by atomic mass is 10.1. The summed E-state index contributed by atoms with van der Waals surface area (Å²) in [7, 11) is 0. The predicted molar refractivity (Wildman–Crippen MR) is 68.8 cm³/mol. The molecule has 17 heavy (non-hydrogen) atoms. The first-order valence-corrected chi connectivity index (χ1v) is 6.74. The van der Waals surface area contributed by atoms with Crippen LogP contribution >= 0.6 is 0 Å². The van der Waals surface area contributed by atoms with Crippen molar-refractivity contribution in [2.45, 2.75) is 33.1 Å². The number of carbonyl (C=O) groups is 1. The molecule has 0 aromatic heterocycles. The molecule has 1 rings (SSSR count). The van der Waals surface area contributed by atoms with Gasteiger partial charge in [0, 0.05) is 39.2 Å². The zero-order chi connectivity index (χ0) is 12.7. The summed E-state index contributed by atoms with van der Waals surface area (Å²) in [5.41, 5.74) is 0. The van der Waals surface area contributed by atoms with E-state index in [1.807, 2.05) is 4.90 Å². The van der Waals surface area contributed by atoms with E-state index in [1.54, 1.807) is 0 Å². The molecule has 0 spiro atoms. The number of hydrogen-bond acceptors (Lipinski definition) is 3. The molecule has 1 aliphatic rings. The molecule has 1 heterocycles. The van der Waals surface area contributed by atoms with E-state index in [1.165, 1.54) is 6.42 Å². The van der Waals surface area contributed by atoms with Gasteiger partial charge < -0.3 is 10.0 Å². The average Bonchev–Trinajstić information content (AvgIpc) is 2.34. The van der Waals surface area contributed by atoms with E-state index in [0.29, 0.717) is 12.8 Å². The third-order valence-corrected chi connectivity index (χ3v) is 3.30. The van der Waals surface area contributed by atoms with Crippen molar-refractivity contribution in [3.63, 3.8) is 0 Å². The minimum Gasteiger partial charge on any atom is -0.396 e. The summed E-state index contributed by atoms with van der Waals surface area (Å²) in [5.74, 6) is 0.946. The van der Waals surface area contributed by atoms with Crippen molar-refractivity contribution in [2.75, 3.05) is 39.3 Å². The second kappa shape index (κ2) is 7.67. The molecule has 0 aromatic rings. The highest BCUT2D eigenvalue weighted by Crippen LogP contribution is 2.08. The Bertz CT molecular complexity index is 223. The number of amides is 1. The predicted octanol–water partition coefficient (Wildman–Crippen LogP) is 0.949. The number of carbonyl (C=O) groups excluding carboxylic acids is 1. The number of piperazine rings is 1. The molecule has 0 aromatic carbocycles. The van der Waals surface area contributed by atoms with Crippen LogP contribution in [0, 0.1) is 5.92 Å². The van der Waals surface area contributed by atoms with Crippen molar-refractivity contribution in [2.24, 2.45) is 5.92 Å². The normalized spacial score (nSPS) is 17.8. The Balaban J connectivity index is 2.18. The molecule has 100 valence electrons. The molecule has 0 aliphatic carbocycles. The molecule has 4 heteroatoms. The highest BCUT2D eigenvalue weighted by atomic mass is 16.3. The van der Waals surface area contributed by atoms with E-state index < -0.39 is 0 Å². The van der Waals surface area contributed by atoms with Crippen LogP contribution in [0.4, 0.5) is 0 Å². The first-order valence-electron chi connectivity index (χ1n) is 6.74. The highest BCUT2D eigenvalue weighted by Gasteiger charge is 2.20. The highest BCUT2D eigenvalue weighted by molar-refractivity contribution is 5.76. The van der Waals surface area contributed by atoms with Crippen molar-refractivity contribution in [3.8, 4) is 0 Å². The Morgan fingerprint density at radius 2 is 1.88 bits per heavy atom. The van der Waals surface area contributed by atoms with Gasteiger partial charge in [0.15, 0.2) is 0 Å². The standard InChI is InChI=1S/C13H26N2O2/c1-12(2)5-6-14-7-9-15(10-8-14)13(17)4-3-11-16/h12,16H,3-11H2,1-2H3. The second-order valence-electron chi connectivity index (χ2n) is 5.23. The number of rotatable bonds is 6. The Hall–Kier alpha value is -0.610. The van der Waals surface area contributed by atoms with Crippen LogP contribution in [-0.4, -0.2) is 60.1 Å². The van der Waals surface area contributed by atoms with E-state index >= 15 is 0 Å². The summed E-state index contributed by atoms with van der Waals surface area (Å²) in [5, 5.41) is 8.70. The minimum atomic E-state index is 0.111. The van der Waals surface area contributed by atoms with E-state index in [0.717, 1.165) is 38.6 Å². The van der Waals surface area contributed by atoms with Gasteiger partial charge in [-0.3, -0.25) is 9.69 Å². The Morgan fingerprint density at radius 1 is 1.24 bits per heavy atom. The van der Waals surface area contributed by atoms with E-state index in [9.17, 15) is 4.79 Å². The zero-order valence-corrected chi connectivity index (χ0v) is 11.2. The van der Waals surface area contributed by atoms with Gasteiger partial charge in [-0.25, -0.2) is 0 Å². The van der Waals surface area contributed by atoms with Gasteiger partial charge in [-0.1, -0.05) is 13.8 Å². The van der Waals surface area contributed by atoms with Gasteiger partial charge in [-0.2, -0.15) is 0 Å². The first kappa shape index (κ1) is 14.5. The van der Waals surface area contributed by atoms with Crippen LogP contribution in [0.25, 0.3) is 0 Å². The fourth-order valence-corrected chi connectivity index (χ4v) is 2.05. The molecule has 0 atom stereocenters. The van der Waals surface area contributed by atoms with Gasteiger partial charge in [0.2, 0.25) is 5.91 Å². The zero-order valence-electron chi connectivity index (χ0n) is 11.2. The summed E-state index contributed by atoms with van der Waals surface area (Å²) in [6.07, 6.45) is 2.31. The topological polar surface area (TPSA) is 43.8 Å². The van der Waals surface area contributed by atoms with E-state index in [-0.39, 0.29) is 12.5 Å².